The summed E-state index contributed by atoms with van der Waals surface area (Å²) in [5, 5.41) is 2.86. The first-order valence-corrected chi connectivity index (χ1v) is 9.77. The molecule has 2 aromatic carbocycles. The van der Waals surface area contributed by atoms with E-state index in [0.717, 1.165) is 16.9 Å². The van der Waals surface area contributed by atoms with Gasteiger partial charge in [0.05, 0.1) is 25.6 Å². The average molecular weight is 417 g/mol. The van der Waals surface area contributed by atoms with Crippen LogP contribution in [0.5, 0.6) is 17.2 Å². The molecular formula is C24H23N3O4. The van der Waals surface area contributed by atoms with Crippen LogP contribution >= 0.6 is 0 Å². The van der Waals surface area contributed by atoms with Crippen LogP contribution in [-0.2, 0) is 6.61 Å². The second-order valence-corrected chi connectivity index (χ2v) is 6.99. The number of amides is 1. The summed E-state index contributed by atoms with van der Waals surface area (Å²) >= 11 is 0. The van der Waals surface area contributed by atoms with E-state index in [-0.39, 0.29) is 5.91 Å². The number of benzene rings is 2. The zero-order chi connectivity index (χ0) is 21.8. The number of carbonyl (C=O) groups excluding carboxylic acids is 1. The van der Waals surface area contributed by atoms with Gasteiger partial charge in [0.15, 0.2) is 0 Å². The van der Waals surface area contributed by atoms with Crippen LogP contribution in [0.25, 0.3) is 5.65 Å². The van der Waals surface area contributed by atoms with Crippen molar-refractivity contribution in [1.29, 1.82) is 0 Å². The van der Waals surface area contributed by atoms with E-state index in [0.29, 0.717) is 35.1 Å². The van der Waals surface area contributed by atoms with E-state index in [1.165, 1.54) is 0 Å². The number of aromatic nitrogens is 2. The Morgan fingerprint density at radius 3 is 2.68 bits per heavy atom. The second kappa shape index (κ2) is 8.79. The van der Waals surface area contributed by atoms with Crippen LogP contribution in [0.15, 0.2) is 67.0 Å². The van der Waals surface area contributed by atoms with Crippen molar-refractivity contribution in [2.75, 3.05) is 19.5 Å². The fourth-order valence-electron chi connectivity index (χ4n) is 3.25. The first-order valence-electron chi connectivity index (χ1n) is 9.77. The highest BCUT2D eigenvalue weighted by molar-refractivity contribution is 6.05. The number of pyridine rings is 1. The molecule has 0 unspecified atom stereocenters. The minimum absolute atomic E-state index is 0.266. The third-order valence-corrected chi connectivity index (χ3v) is 4.87. The lowest BCUT2D eigenvalue weighted by Gasteiger charge is -2.12. The molecule has 0 aliphatic rings. The SMILES string of the molecule is COc1ccc(NC(=O)c2cccc(OCc3cn4cccc(C)c4n3)c2)c(OC)c1. The van der Waals surface area contributed by atoms with Crippen molar-refractivity contribution in [2.45, 2.75) is 13.5 Å². The summed E-state index contributed by atoms with van der Waals surface area (Å²) in [5.74, 6) is 1.48. The summed E-state index contributed by atoms with van der Waals surface area (Å²) < 4.78 is 18.4. The van der Waals surface area contributed by atoms with Crippen LogP contribution in [-0.4, -0.2) is 29.5 Å². The van der Waals surface area contributed by atoms with Gasteiger partial charge in [0.1, 0.15) is 29.5 Å². The lowest BCUT2D eigenvalue weighted by molar-refractivity contribution is 0.102. The van der Waals surface area contributed by atoms with Gasteiger partial charge in [-0.3, -0.25) is 4.79 Å². The Kier molecular flexibility index (Phi) is 5.75. The predicted octanol–water partition coefficient (Wildman–Crippen LogP) is 4.49. The third kappa shape index (κ3) is 4.45. The van der Waals surface area contributed by atoms with Crippen LogP contribution in [0.3, 0.4) is 0 Å². The average Bonchev–Trinajstić information content (AvgIpc) is 3.23. The smallest absolute Gasteiger partial charge is 0.255 e. The zero-order valence-electron chi connectivity index (χ0n) is 17.6. The molecule has 1 amide bonds. The molecule has 0 radical (unpaired) electrons. The molecular weight excluding hydrogens is 394 g/mol. The van der Waals surface area contributed by atoms with E-state index in [2.05, 4.69) is 10.3 Å². The molecule has 0 aliphatic heterocycles. The molecule has 2 aromatic heterocycles. The van der Waals surface area contributed by atoms with Crippen LogP contribution in [0.4, 0.5) is 5.69 Å². The molecule has 0 bridgehead atoms. The molecule has 0 spiro atoms. The number of imidazole rings is 1. The normalized spacial score (nSPS) is 10.7. The van der Waals surface area contributed by atoms with E-state index >= 15 is 0 Å². The van der Waals surface area contributed by atoms with Crippen molar-refractivity contribution in [2.24, 2.45) is 0 Å². The predicted molar refractivity (Wildman–Crippen MR) is 118 cm³/mol. The van der Waals surface area contributed by atoms with Gasteiger partial charge in [-0.25, -0.2) is 4.98 Å². The van der Waals surface area contributed by atoms with E-state index in [4.69, 9.17) is 14.2 Å². The number of rotatable bonds is 7. The molecule has 31 heavy (non-hydrogen) atoms. The van der Waals surface area contributed by atoms with Crippen molar-refractivity contribution in [1.82, 2.24) is 9.38 Å². The summed E-state index contributed by atoms with van der Waals surface area (Å²) in [5.41, 5.74) is 3.84. The molecule has 158 valence electrons. The minimum atomic E-state index is -0.266. The summed E-state index contributed by atoms with van der Waals surface area (Å²) in [6.07, 6.45) is 3.89. The largest absolute Gasteiger partial charge is 0.497 e. The number of aryl methyl sites for hydroxylation is 1. The fourth-order valence-corrected chi connectivity index (χ4v) is 3.25. The Labute approximate surface area is 180 Å². The molecule has 4 aromatic rings. The van der Waals surface area contributed by atoms with E-state index in [1.54, 1.807) is 50.6 Å². The topological polar surface area (TPSA) is 74.1 Å². The number of carbonyl (C=O) groups is 1. The Balaban J connectivity index is 1.46. The summed E-state index contributed by atoms with van der Waals surface area (Å²) in [6.45, 7) is 2.32. The Hall–Kier alpha value is -4.00. The molecule has 0 atom stereocenters. The van der Waals surface area contributed by atoms with Gasteiger partial charge in [-0.15, -0.1) is 0 Å². The van der Waals surface area contributed by atoms with E-state index in [9.17, 15) is 4.79 Å². The number of hydrogen-bond donors (Lipinski definition) is 1. The van der Waals surface area contributed by atoms with Gasteiger partial charge in [0.25, 0.3) is 5.91 Å². The summed E-state index contributed by atoms with van der Waals surface area (Å²) in [7, 11) is 3.12. The van der Waals surface area contributed by atoms with Crippen molar-refractivity contribution in [3.63, 3.8) is 0 Å². The molecule has 0 fully saturated rings. The van der Waals surface area contributed by atoms with Crippen molar-refractivity contribution in [3.8, 4) is 17.2 Å². The highest BCUT2D eigenvalue weighted by atomic mass is 16.5. The van der Waals surface area contributed by atoms with Crippen LogP contribution in [0.1, 0.15) is 21.6 Å². The van der Waals surface area contributed by atoms with Gasteiger partial charge in [-0.05, 0) is 48.9 Å². The second-order valence-electron chi connectivity index (χ2n) is 6.99. The van der Waals surface area contributed by atoms with Crippen molar-refractivity contribution in [3.05, 3.63) is 83.8 Å². The van der Waals surface area contributed by atoms with E-state index in [1.807, 2.05) is 41.9 Å². The Morgan fingerprint density at radius 1 is 1.03 bits per heavy atom. The third-order valence-electron chi connectivity index (χ3n) is 4.87. The van der Waals surface area contributed by atoms with Gasteiger partial charge in [-0.2, -0.15) is 0 Å². The highest BCUT2D eigenvalue weighted by Gasteiger charge is 2.12. The van der Waals surface area contributed by atoms with Crippen molar-refractivity contribution < 1.29 is 19.0 Å². The summed E-state index contributed by atoms with van der Waals surface area (Å²) in [4.78, 5) is 17.4. The number of hydrogen-bond acceptors (Lipinski definition) is 5. The number of nitrogens with one attached hydrogen (secondary N) is 1. The molecule has 0 aliphatic carbocycles. The van der Waals surface area contributed by atoms with E-state index < -0.39 is 0 Å². The van der Waals surface area contributed by atoms with Crippen LogP contribution < -0.4 is 19.5 Å². The molecule has 2 heterocycles. The van der Waals surface area contributed by atoms with Crippen molar-refractivity contribution >= 4 is 17.2 Å². The number of anilines is 1. The quantitative estimate of drug-likeness (QED) is 0.480. The maximum absolute atomic E-state index is 12.7. The van der Waals surface area contributed by atoms with Crippen LogP contribution in [0.2, 0.25) is 0 Å². The van der Waals surface area contributed by atoms with Gasteiger partial charge in [-0.1, -0.05) is 12.1 Å². The molecule has 7 nitrogen and oxygen atoms in total. The van der Waals surface area contributed by atoms with Gasteiger partial charge < -0.3 is 23.9 Å². The lowest BCUT2D eigenvalue weighted by atomic mass is 10.2. The number of ether oxygens (including phenoxy) is 3. The monoisotopic (exact) mass is 417 g/mol. The van der Waals surface area contributed by atoms with Gasteiger partial charge >= 0.3 is 0 Å². The van der Waals surface area contributed by atoms with Gasteiger partial charge in [0, 0.05) is 24.0 Å². The Bertz CT molecular complexity index is 1230. The number of nitrogens with zero attached hydrogens (tertiary/aromatic N) is 2. The summed E-state index contributed by atoms with van der Waals surface area (Å²) in [6, 6.07) is 16.2. The first kappa shape index (κ1) is 20.3. The number of methoxy groups -OCH3 is 2. The number of fused-ring (bicyclic) bond motifs is 1. The molecule has 4 rings (SSSR count). The molecule has 0 saturated carbocycles. The van der Waals surface area contributed by atoms with Crippen LogP contribution in [0, 0.1) is 6.92 Å². The molecule has 7 heteroatoms. The molecule has 0 saturated heterocycles. The highest BCUT2D eigenvalue weighted by Crippen LogP contribution is 2.29. The lowest BCUT2D eigenvalue weighted by Crippen LogP contribution is -2.12. The maximum atomic E-state index is 12.7. The van der Waals surface area contributed by atoms with Gasteiger partial charge in [0.2, 0.25) is 0 Å². The Morgan fingerprint density at radius 2 is 1.90 bits per heavy atom. The minimum Gasteiger partial charge on any atom is -0.497 e. The first-order chi connectivity index (χ1) is 15.1. The zero-order valence-corrected chi connectivity index (χ0v) is 17.6. The standard InChI is InChI=1S/C24H23N3O4/c1-16-6-5-11-27-14-18(25-23(16)27)15-31-20-8-4-7-17(12-20)24(28)26-21-10-9-19(29-2)13-22(21)30-3/h4-14H,15H2,1-3H3,(H,26,28). The maximum Gasteiger partial charge on any atom is 0.255 e. The fraction of sp³-hybridized carbons (Fsp3) is 0.167. The molecule has 1 N–H and O–H groups in total.